The number of hydrogen-bond donors (Lipinski definition) is 7. The summed E-state index contributed by atoms with van der Waals surface area (Å²) in [4.78, 5) is 28.6. The van der Waals surface area contributed by atoms with Crippen molar-refractivity contribution in [1.82, 2.24) is 0 Å². The van der Waals surface area contributed by atoms with E-state index in [2.05, 4.69) is 13.0 Å². The number of hydrogen-bond acceptors (Lipinski definition) is 11. The summed E-state index contributed by atoms with van der Waals surface area (Å²) < 4.78 is 11.7. The van der Waals surface area contributed by atoms with E-state index in [1.807, 2.05) is 26.8 Å². The van der Waals surface area contributed by atoms with Gasteiger partial charge in [-0.15, -0.1) is 0 Å². The van der Waals surface area contributed by atoms with E-state index in [0.29, 0.717) is 25.7 Å². The molecule has 5 aliphatic rings. The van der Waals surface area contributed by atoms with Crippen LogP contribution in [0.2, 0.25) is 0 Å². The van der Waals surface area contributed by atoms with Gasteiger partial charge in [0.05, 0.1) is 24.9 Å². The number of aliphatic hydroxyl groups excluding tert-OH is 6. The second kappa shape index (κ2) is 12.3. The van der Waals surface area contributed by atoms with Crippen molar-refractivity contribution >= 4 is 11.6 Å². The Bertz CT molecular complexity index is 1300. The Labute approximate surface area is 277 Å². The predicted molar refractivity (Wildman–Crippen MR) is 170 cm³/mol. The number of fused-ring (bicyclic) bond motifs is 5. The van der Waals surface area contributed by atoms with Gasteiger partial charge in [0.2, 0.25) is 0 Å². The third-order valence-electron chi connectivity index (χ3n) is 13.6. The summed E-state index contributed by atoms with van der Waals surface area (Å²) in [6.45, 7) is 12.6. The van der Waals surface area contributed by atoms with Crippen molar-refractivity contribution in [3.05, 3.63) is 23.3 Å². The summed E-state index contributed by atoms with van der Waals surface area (Å²) in [5.41, 5.74) is -2.80. The topological polar surface area (TPSA) is 194 Å². The largest absolute Gasteiger partial charge is 0.394 e. The second-order valence-corrected chi connectivity index (χ2v) is 16.6. The van der Waals surface area contributed by atoms with Gasteiger partial charge in [0.1, 0.15) is 36.3 Å². The first-order valence-corrected chi connectivity index (χ1v) is 17.1. The molecule has 3 saturated carbocycles. The Morgan fingerprint density at radius 3 is 2.32 bits per heavy atom. The van der Waals surface area contributed by atoms with Crippen LogP contribution in [-0.2, 0) is 19.1 Å². The van der Waals surface area contributed by atoms with Gasteiger partial charge < -0.3 is 45.2 Å². The van der Waals surface area contributed by atoms with Crippen LogP contribution >= 0.6 is 0 Å². The molecule has 1 heterocycles. The lowest BCUT2D eigenvalue weighted by Gasteiger charge is -2.64. The van der Waals surface area contributed by atoms with Crippen molar-refractivity contribution in [2.24, 2.45) is 39.4 Å². The number of Topliss-reactive ketones (excluding diaryl/α,β-unsaturated/α-hetero) is 2. The Hall–Kier alpha value is -1.54. The maximum absolute atomic E-state index is 14.7. The average molecular weight is 665 g/mol. The van der Waals surface area contributed by atoms with E-state index in [-0.39, 0.29) is 36.9 Å². The SMILES string of the molecule is C/C(=C\CC[C@](C)(O)[C@H]1[C@H](O)C[C@@]2(C)[C@@H]3CC=C4[C@@H](C[C@@H](O[C@@H]5O[C@H](CO)[C@@H](O)[C@H](O)[C@H]5O)C(=O)C4(C)C)[C@]3(C)C(=O)C[C@]12C)CO. The minimum absolute atomic E-state index is 0.0146. The third kappa shape index (κ3) is 5.43. The number of ketones is 2. The Kier molecular flexibility index (Phi) is 9.65. The second-order valence-electron chi connectivity index (χ2n) is 16.6. The zero-order valence-electron chi connectivity index (χ0n) is 28.8. The molecule has 0 unspecified atom stereocenters. The molecule has 5 rings (SSSR count). The Morgan fingerprint density at radius 2 is 1.70 bits per heavy atom. The predicted octanol–water partition coefficient (Wildman–Crippen LogP) is 1.58. The number of allylic oxidation sites excluding steroid dienone is 3. The maximum Gasteiger partial charge on any atom is 0.187 e. The monoisotopic (exact) mass is 664 g/mol. The van der Waals surface area contributed by atoms with Gasteiger partial charge in [-0.2, -0.15) is 0 Å². The Morgan fingerprint density at radius 1 is 1.04 bits per heavy atom. The van der Waals surface area contributed by atoms with Crippen LogP contribution in [0.15, 0.2) is 23.3 Å². The van der Waals surface area contributed by atoms with Gasteiger partial charge in [-0.1, -0.05) is 44.1 Å². The molecular weight excluding hydrogens is 608 g/mol. The maximum atomic E-state index is 14.7. The lowest BCUT2D eigenvalue weighted by molar-refractivity contribution is -0.311. The number of rotatable bonds is 8. The van der Waals surface area contributed by atoms with Gasteiger partial charge in [-0.05, 0) is 82.5 Å². The van der Waals surface area contributed by atoms with E-state index >= 15 is 0 Å². The van der Waals surface area contributed by atoms with Crippen molar-refractivity contribution in [3.8, 4) is 0 Å². The number of carbonyl (C=O) groups is 2. The summed E-state index contributed by atoms with van der Waals surface area (Å²) in [6.07, 6.45) is -3.41. The molecule has 1 aliphatic heterocycles. The van der Waals surface area contributed by atoms with Crippen LogP contribution in [0.25, 0.3) is 0 Å². The van der Waals surface area contributed by atoms with E-state index in [1.54, 1.807) is 20.8 Å². The lowest BCUT2D eigenvalue weighted by atomic mass is 9.38. The zero-order chi connectivity index (χ0) is 35.1. The fourth-order valence-corrected chi connectivity index (χ4v) is 10.8. The molecule has 0 spiro atoms. The summed E-state index contributed by atoms with van der Waals surface area (Å²) in [7, 11) is 0. The first-order valence-electron chi connectivity index (χ1n) is 17.1. The van der Waals surface area contributed by atoms with Gasteiger partial charge in [0.25, 0.3) is 0 Å². The first kappa shape index (κ1) is 36.7. The molecule has 4 fully saturated rings. The van der Waals surface area contributed by atoms with E-state index in [0.717, 1.165) is 11.1 Å². The van der Waals surface area contributed by atoms with E-state index < -0.39 is 88.6 Å². The van der Waals surface area contributed by atoms with Crippen molar-refractivity contribution in [1.29, 1.82) is 0 Å². The van der Waals surface area contributed by atoms with Crippen LogP contribution < -0.4 is 0 Å². The number of ether oxygens (including phenoxy) is 2. The van der Waals surface area contributed by atoms with Crippen LogP contribution in [0.1, 0.15) is 87.0 Å². The molecule has 0 aromatic carbocycles. The fourth-order valence-electron chi connectivity index (χ4n) is 10.8. The molecule has 11 heteroatoms. The molecule has 0 aromatic heterocycles. The number of carbonyl (C=O) groups excluding carboxylic acids is 2. The van der Waals surface area contributed by atoms with Gasteiger partial charge in [-0.25, -0.2) is 0 Å². The van der Waals surface area contributed by atoms with E-state index in [1.165, 1.54) is 0 Å². The molecule has 4 aliphatic carbocycles. The molecule has 266 valence electrons. The highest BCUT2D eigenvalue weighted by Crippen LogP contribution is 2.74. The minimum Gasteiger partial charge on any atom is -0.394 e. The highest BCUT2D eigenvalue weighted by Gasteiger charge is 2.74. The fraction of sp³-hybridized carbons (Fsp3) is 0.833. The normalized spacial score (nSPS) is 47.9. The molecule has 0 bridgehead atoms. The quantitative estimate of drug-likeness (QED) is 0.186. The summed E-state index contributed by atoms with van der Waals surface area (Å²) in [5, 5.41) is 73.9. The molecule has 11 nitrogen and oxygen atoms in total. The summed E-state index contributed by atoms with van der Waals surface area (Å²) in [5.74, 6) is -1.41. The van der Waals surface area contributed by atoms with Crippen LogP contribution in [0.5, 0.6) is 0 Å². The third-order valence-corrected chi connectivity index (χ3v) is 13.6. The standard InChI is InChI=1S/C36H56O11/c1-18(16-37)9-8-12-35(6,45)29-21(39)14-33(4)24-11-10-19-20(36(24,7)25(40)15-34(29,33)5)13-22(30(44)32(19,2)3)46-31-28(43)27(42)26(41)23(17-38)47-31/h9-10,20-24,26-29,31,37-39,41-43,45H,8,11-17H2,1-7H3/b18-9+/t20-,21-,22-,23-,24+,26-,27+,28-,29+,31-,33+,34-,35+,36+/m1/s1. The molecule has 1 saturated heterocycles. The van der Waals surface area contributed by atoms with Crippen LogP contribution in [0.3, 0.4) is 0 Å². The molecule has 0 aromatic rings. The van der Waals surface area contributed by atoms with Crippen LogP contribution in [-0.4, -0.2) is 109 Å². The van der Waals surface area contributed by atoms with Gasteiger partial charge in [-0.3, -0.25) is 9.59 Å². The average Bonchev–Trinajstić information content (AvgIpc) is 3.20. The highest BCUT2D eigenvalue weighted by molar-refractivity contribution is 5.94. The van der Waals surface area contributed by atoms with E-state index in [4.69, 9.17) is 9.47 Å². The highest BCUT2D eigenvalue weighted by atomic mass is 16.7. The first-order chi connectivity index (χ1) is 21.7. The van der Waals surface area contributed by atoms with Crippen molar-refractivity contribution < 1.29 is 54.8 Å². The molecule has 14 atom stereocenters. The smallest absolute Gasteiger partial charge is 0.187 e. The minimum atomic E-state index is -1.67. The van der Waals surface area contributed by atoms with Crippen molar-refractivity contribution in [2.75, 3.05) is 13.2 Å². The molecule has 0 radical (unpaired) electrons. The zero-order valence-corrected chi connectivity index (χ0v) is 28.8. The molecule has 0 amide bonds. The van der Waals surface area contributed by atoms with Gasteiger partial charge >= 0.3 is 0 Å². The molecular formula is C36H56O11. The van der Waals surface area contributed by atoms with Crippen LogP contribution in [0.4, 0.5) is 0 Å². The van der Waals surface area contributed by atoms with Gasteiger partial charge in [0, 0.05) is 23.2 Å². The molecule has 47 heavy (non-hydrogen) atoms. The lowest BCUT2D eigenvalue weighted by Crippen LogP contribution is -2.65. The van der Waals surface area contributed by atoms with Crippen LogP contribution in [0, 0.1) is 39.4 Å². The van der Waals surface area contributed by atoms with E-state index in [9.17, 15) is 45.3 Å². The van der Waals surface area contributed by atoms with Gasteiger partial charge in [0.15, 0.2) is 12.1 Å². The Balaban J connectivity index is 1.48. The van der Waals surface area contributed by atoms with Crippen molar-refractivity contribution in [2.45, 2.75) is 136 Å². The summed E-state index contributed by atoms with van der Waals surface area (Å²) in [6, 6.07) is 0. The molecule has 7 N–H and O–H groups in total. The number of aliphatic hydroxyl groups is 7. The summed E-state index contributed by atoms with van der Waals surface area (Å²) >= 11 is 0. The van der Waals surface area contributed by atoms with Crippen molar-refractivity contribution in [3.63, 3.8) is 0 Å².